The molecule has 0 fully saturated rings. The van der Waals surface area contributed by atoms with Crippen molar-refractivity contribution in [2.75, 3.05) is 10.8 Å². The molecule has 148 valence electrons. The van der Waals surface area contributed by atoms with Gasteiger partial charge in [-0.3, -0.25) is 13.9 Å². The van der Waals surface area contributed by atoms with Crippen LogP contribution in [0.2, 0.25) is 0 Å². The summed E-state index contributed by atoms with van der Waals surface area (Å²) in [5.74, 6) is -0.500. The highest BCUT2D eigenvalue weighted by molar-refractivity contribution is 7.92. The third-order valence-electron chi connectivity index (χ3n) is 4.78. The number of amides is 1. The van der Waals surface area contributed by atoms with Crippen molar-refractivity contribution in [1.82, 2.24) is 5.48 Å². The summed E-state index contributed by atoms with van der Waals surface area (Å²) in [6, 6.07) is 22.8. The molecule has 29 heavy (non-hydrogen) atoms. The zero-order valence-corrected chi connectivity index (χ0v) is 16.4. The second-order valence-electron chi connectivity index (χ2n) is 6.69. The zero-order valence-electron chi connectivity index (χ0n) is 15.6. The van der Waals surface area contributed by atoms with Crippen LogP contribution in [-0.4, -0.2) is 20.9 Å². The summed E-state index contributed by atoms with van der Waals surface area (Å²) >= 11 is 0. The van der Waals surface area contributed by atoms with Crippen LogP contribution in [0.15, 0.2) is 83.8 Å². The second-order valence-corrected chi connectivity index (χ2v) is 8.55. The molecule has 4 rings (SSSR count). The van der Waals surface area contributed by atoms with Crippen molar-refractivity contribution in [3.8, 4) is 0 Å². The van der Waals surface area contributed by atoms with E-state index in [1.807, 2.05) is 48.5 Å². The fourth-order valence-electron chi connectivity index (χ4n) is 3.30. The third-order valence-corrected chi connectivity index (χ3v) is 6.58. The molecule has 0 unspecified atom stereocenters. The van der Waals surface area contributed by atoms with Gasteiger partial charge in [0.15, 0.2) is 0 Å². The maximum absolute atomic E-state index is 13.1. The predicted molar refractivity (Wildman–Crippen MR) is 110 cm³/mol. The molecule has 0 spiro atoms. The largest absolute Gasteiger partial charge is 0.274 e. The molecule has 1 aliphatic rings. The summed E-state index contributed by atoms with van der Waals surface area (Å²) in [6.07, 6.45) is 0.670. The number of hydrogen-bond donors (Lipinski definition) is 1. The molecule has 3 aromatic rings. The van der Waals surface area contributed by atoms with Crippen molar-refractivity contribution in [3.63, 3.8) is 0 Å². The third kappa shape index (κ3) is 4.01. The summed E-state index contributed by atoms with van der Waals surface area (Å²) in [4.78, 5) is 17.7. The lowest BCUT2D eigenvalue weighted by molar-refractivity contribution is 0.0233. The van der Waals surface area contributed by atoms with Gasteiger partial charge in [-0.05, 0) is 41.8 Å². The Labute approximate surface area is 169 Å². The number of carbonyl (C=O) groups is 1. The first kappa shape index (κ1) is 19.2. The van der Waals surface area contributed by atoms with Gasteiger partial charge >= 0.3 is 0 Å². The molecule has 3 aromatic carbocycles. The first-order valence-corrected chi connectivity index (χ1v) is 10.7. The Balaban J connectivity index is 1.49. The first-order valence-electron chi connectivity index (χ1n) is 9.22. The van der Waals surface area contributed by atoms with Crippen LogP contribution >= 0.6 is 0 Å². The van der Waals surface area contributed by atoms with E-state index in [9.17, 15) is 13.2 Å². The van der Waals surface area contributed by atoms with Gasteiger partial charge in [0.2, 0.25) is 0 Å². The highest BCUT2D eigenvalue weighted by Gasteiger charge is 2.30. The molecular weight excluding hydrogens is 388 g/mol. The molecule has 0 saturated heterocycles. The van der Waals surface area contributed by atoms with E-state index in [1.54, 1.807) is 18.2 Å². The van der Waals surface area contributed by atoms with Crippen molar-refractivity contribution >= 4 is 21.6 Å². The van der Waals surface area contributed by atoms with Gasteiger partial charge in [0, 0.05) is 12.1 Å². The fraction of sp³-hybridized carbons (Fsp3) is 0.136. The second kappa shape index (κ2) is 8.06. The molecular formula is C22H20N2O4S. The van der Waals surface area contributed by atoms with Crippen molar-refractivity contribution in [2.45, 2.75) is 17.9 Å². The lowest BCUT2D eigenvalue weighted by Crippen LogP contribution is -2.29. The number of hydrogen-bond acceptors (Lipinski definition) is 4. The van der Waals surface area contributed by atoms with Gasteiger partial charge in [0.1, 0.15) is 0 Å². The zero-order chi connectivity index (χ0) is 20.3. The average Bonchev–Trinajstić information content (AvgIpc) is 3.19. The van der Waals surface area contributed by atoms with Gasteiger partial charge in [0.25, 0.3) is 15.9 Å². The highest BCUT2D eigenvalue weighted by atomic mass is 32.2. The maximum atomic E-state index is 13.1. The Hall–Kier alpha value is -3.16. The number of rotatable bonds is 6. The maximum Gasteiger partial charge on any atom is 0.274 e. The van der Waals surface area contributed by atoms with Crippen LogP contribution in [0.5, 0.6) is 0 Å². The van der Waals surface area contributed by atoms with Crippen LogP contribution in [0.3, 0.4) is 0 Å². The van der Waals surface area contributed by atoms with E-state index in [-0.39, 0.29) is 17.1 Å². The van der Waals surface area contributed by atoms with Crippen LogP contribution in [0, 0.1) is 0 Å². The molecule has 1 heterocycles. The fourth-order valence-corrected chi connectivity index (χ4v) is 4.85. The van der Waals surface area contributed by atoms with E-state index in [1.165, 1.54) is 16.4 Å². The number of carbonyl (C=O) groups excluding carboxylic acids is 1. The molecule has 0 radical (unpaired) electrons. The minimum absolute atomic E-state index is 0.0740. The molecule has 7 heteroatoms. The Morgan fingerprint density at radius 1 is 0.966 bits per heavy atom. The summed E-state index contributed by atoms with van der Waals surface area (Å²) in [5.41, 5.74) is 5.18. The smallest absolute Gasteiger partial charge is 0.269 e. The standard InChI is InChI=1S/C22H20N2O4S/c25-22(23-28-16-17-7-2-1-3-8-17)19-10-6-11-20(15-19)29(26,27)24-14-13-18-9-4-5-12-21(18)24/h1-12,15H,13-14,16H2,(H,23,25). The molecule has 1 amide bonds. The van der Waals surface area contributed by atoms with E-state index in [4.69, 9.17) is 4.84 Å². The summed E-state index contributed by atoms with van der Waals surface area (Å²) in [6.45, 7) is 0.605. The molecule has 0 aromatic heterocycles. The molecule has 6 nitrogen and oxygen atoms in total. The molecule has 0 aliphatic carbocycles. The van der Waals surface area contributed by atoms with Gasteiger partial charge in [-0.15, -0.1) is 0 Å². The van der Waals surface area contributed by atoms with E-state index >= 15 is 0 Å². The Morgan fingerprint density at radius 2 is 1.72 bits per heavy atom. The van der Waals surface area contributed by atoms with Crippen LogP contribution in [0.1, 0.15) is 21.5 Å². The number of nitrogens with one attached hydrogen (secondary N) is 1. The van der Waals surface area contributed by atoms with E-state index in [0.29, 0.717) is 18.7 Å². The van der Waals surface area contributed by atoms with Crippen molar-refractivity contribution in [1.29, 1.82) is 0 Å². The molecule has 0 saturated carbocycles. The minimum atomic E-state index is -3.76. The van der Waals surface area contributed by atoms with Gasteiger partial charge in [0.05, 0.1) is 17.2 Å². The number of fused-ring (bicyclic) bond motifs is 1. The monoisotopic (exact) mass is 408 g/mol. The minimum Gasteiger partial charge on any atom is -0.269 e. The molecule has 1 aliphatic heterocycles. The molecule has 1 N–H and O–H groups in total. The summed E-state index contributed by atoms with van der Waals surface area (Å²) < 4.78 is 27.7. The normalized spacial score (nSPS) is 13.2. The topological polar surface area (TPSA) is 75.7 Å². The number of hydroxylamine groups is 1. The molecule has 0 atom stereocenters. The SMILES string of the molecule is O=C(NOCc1ccccc1)c1cccc(S(=O)(=O)N2CCc3ccccc32)c1. The van der Waals surface area contributed by atoms with Crippen LogP contribution in [0.25, 0.3) is 0 Å². The van der Waals surface area contributed by atoms with E-state index in [0.717, 1.165) is 11.1 Å². The average molecular weight is 408 g/mol. The van der Waals surface area contributed by atoms with E-state index in [2.05, 4.69) is 5.48 Å². The molecule has 0 bridgehead atoms. The van der Waals surface area contributed by atoms with Crippen molar-refractivity contribution < 1.29 is 18.0 Å². The number of anilines is 1. The Kier molecular flexibility index (Phi) is 5.33. The quantitative estimate of drug-likeness (QED) is 0.635. The van der Waals surface area contributed by atoms with Crippen molar-refractivity contribution in [2.24, 2.45) is 0 Å². The Morgan fingerprint density at radius 3 is 2.55 bits per heavy atom. The summed E-state index contributed by atoms with van der Waals surface area (Å²) in [7, 11) is -3.76. The number of benzene rings is 3. The number of sulfonamides is 1. The highest BCUT2D eigenvalue weighted by Crippen LogP contribution is 2.32. The lowest BCUT2D eigenvalue weighted by Gasteiger charge is -2.20. The van der Waals surface area contributed by atoms with Crippen molar-refractivity contribution in [3.05, 3.63) is 95.6 Å². The summed E-state index contributed by atoms with van der Waals surface area (Å²) in [5, 5.41) is 0. The Bertz CT molecular complexity index is 1130. The first-order chi connectivity index (χ1) is 14.1. The number of nitrogens with zero attached hydrogens (tertiary/aromatic N) is 1. The van der Waals surface area contributed by atoms with Gasteiger partial charge < -0.3 is 0 Å². The van der Waals surface area contributed by atoms with Gasteiger partial charge in [-0.25, -0.2) is 13.9 Å². The van der Waals surface area contributed by atoms with E-state index < -0.39 is 15.9 Å². The van der Waals surface area contributed by atoms with Crippen LogP contribution in [0.4, 0.5) is 5.69 Å². The number of para-hydroxylation sites is 1. The van der Waals surface area contributed by atoms with Crippen LogP contribution in [-0.2, 0) is 27.9 Å². The predicted octanol–water partition coefficient (Wildman–Crippen LogP) is 3.30. The lowest BCUT2D eigenvalue weighted by atomic mass is 10.2. The van der Waals surface area contributed by atoms with Crippen LogP contribution < -0.4 is 9.79 Å². The van der Waals surface area contributed by atoms with Gasteiger partial charge in [-0.2, -0.15) is 0 Å². The van der Waals surface area contributed by atoms with Gasteiger partial charge in [-0.1, -0.05) is 54.6 Å².